The van der Waals surface area contributed by atoms with Crippen molar-refractivity contribution in [2.75, 3.05) is 0 Å². The van der Waals surface area contributed by atoms with Crippen LogP contribution >= 0.6 is 19.2 Å². The molecule has 2 aromatic carbocycles. The van der Waals surface area contributed by atoms with E-state index in [0.717, 1.165) is 0 Å². The molecule has 0 unspecified atom stereocenters. The van der Waals surface area contributed by atoms with E-state index >= 15 is 0 Å². The summed E-state index contributed by atoms with van der Waals surface area (Å²) in [6, 6.07) is 5.86. The van der Waals surface area contributed by atoms with Gasteiger partial charge < -0.3 is 14.5 Å². The number of hydrogen-bond donors (Lipinski definition) is 2. The normalized spacial score (nSPS) is 11.6. The van der Waals surface area contributed by atoms with Crippen molar-refractivity contribution in [1.29, 1.82) is 0 Å². The summed E-state index contributed by atoms with van der Waals surface area (Å²) in [5.74, 6) is -0.326. The number of rotatable bonds is 4. The van der Waals surface area contributed by atoms with E-state index in [4.69, 9.17) is 16.3 Å². The van der Waals surface area contributed by atoms with E-state index in [1.807, 2.05) is 6.92 Å². The maximum atomic E-state index is 14.3. The molecule has 0 fully saturated rings. The number of ether oxygens (including phenoxy) is 1. The minimum Gasteiger partial charge on any atom is -0.454 e. The number of halogens is 2. The maximum Gasteiger partial charge on any atom is 0.356 e. The smallest absolute Gasteiger partial charge is 0.356 e. The van der Waals surface area contributed by atoms with Crippen LogP contribution in [0.4, 0.5) is 4.39 Å². The highest BCUT2D eigenvalue weighted by atomic mass is 35.5. The van der Waals surface area contributed by atoms with Crippen LogP contribution in [0.1, 0.15) is 23.6 Å². The van der Waals surface area contributed by atoms with E-state index in [1.54, 1.807) is 19.9 Å². The lowest BCUT2D eigenvalue weighted by atomic mass is 10.1. The zero-order chi connectivity index (χ0) is 17.4. The van der Waals surface area contributed by atoms with Gasteiger partial charge in [-0.15, -0.1) is 0 Å². The molecule has 23 heavy (non-hydrogen) atoms. The second-order valence-corrected chi connectivity index (χ2v) is 7.24. The Kier molecular flexibility index (Phi) is 5.17. The van der Waals surface area contributed by atoms with Crippen molar-refractivity contribution in [2.24, 2.45) is 0 Å². The van der Waals surface area contributed by atoms with Gasteiger partial charge in [-0.25, -0.2) is 4.39 Å². The Balaban J connectivity index is 2.46. The molecular weight excluding hydrogens is 342 g/mol. The molecule has 0 radical (unpaired) electrons. The van der Waals surface area contributed by atoms with Gasteiger partial charge in [-0.1, -0.05) is 24.6 Å². The molecule has 0 atom stereocenters. The average Bonchev–Trinajstić information content (AvgIpc) is 2.46. The molecule has 0 saturated heterocycles. The zero-order valence-electron chi connectivity index (χ0n) is 12.9. The first kappa shape index (κ1) is 18.0. The largest absolute Gasteiger partial charge is 0.454 e. The van der Waals surface area contributed by atoms with Crippen molar-refractivity contribution in [1.82, 2.24) is 0 Å². The second kappa shape index (κ2) is 6.62. The van der Waals surface area contributed by atoms with E-state index in [-0.39, 0.29) is 16.1 Å². The molecule has 0 bridgehead atoms. The van der Waals surface area contributed by atoms with E-state index in [0.29, 0.717) is 28.9 Å². The molecule has 0 aliphatic heterocycles. The summed E-state index contributed by atoms with van der Waals surface area (Å²) in [6.45, 7) is 5.15. The van der Waals surface area contributed by atoms with E-state index in [2.05, 4.69) is 0 Å². The number of hydrogen-bond acceptors (Lipinski definition) is 2. The van der Waals surface area contributed by atoms with Gasteiger partial charge in [-0.3, -0.25) is 4.57 Å². The zero-order valence-corrected chi connectivity index (χ0v) is 14.6. The van der Waals surface area contributed by atoms with Gasteiger partial charge >= 0.3 is 7.60 Å². The van der Waals surface area contributed by atoms with Crippen molar-refractivity contribution < 1.29 is 23.5 Å². The highest BCUT2D eigenvalue weighted by molar-refractivity contribution is 7.60. The molecule has 0 spiro atoms. The number of aryl methyl sites for hydroxylation is 3. The number of benzene rings is 2. The summed E-state index contributed by atoms with van der Waals surface area (Å²) in [5, 5.41) is -0.0770. The summed E-state index contributed by atoms with van der Waals surface area (Å²) in [6.07, 6.45) is 0.602. The van der Waals surface area contributed by atoms with Gasteiger partial charge in [0, 0.05) is 0 Å². The van der Waals surface area contributed by atoms with Crippen LogP contribution in [0.2, 0.25) is 5.02 Å². The third-order valence-electron chi connectivity index (χ3n) is 3.50. The molecule has 0 saturated carbocycles. The molecule has 0 heterocycles. The molecule has 2 N–H and O–H groups in total. The Bertz CT molecular complexity index is 778. The fraction of sp³-hybridized carbons (Fsp3) is 0.250. The highest BCUT2D eigenvalue weighted by Gasteiger charge is 2.21. The molecule has 0 aromatic heterocycles. The van der Waals surface area contributed by atoms with Gasteiger partial charge in [0.25, 0.3) is 0 Å². The lowest BCUT2D eigenvalue weighted by Crippen LogP contribution is -2.07. The van der Waals surface area contributed by atoms with Crippen LogP contribution in [0.15, 0.2) is 24.3 Å². The lowest BCUT2D eigenvalue weighted by Gasteiger charge is -2.16. The summed E-state index contributed by atoms with van der Waals surface area (Å²) >= 11 is 5.97. The SMILES string of the molecule is CCc1ccc(Oc2c(C)cc(P(=O)(O)O)cc2C)c(F)c1Cl. The Morgan fingerprint density at radius 3 is 2.26 bits per heavy atom. The van der Waals surface area contributed by atoms with Gasteiger partial charge in [0.15, 0.2) is 11.6 Å². The van der Waals surface area contributed by atoms with Gasteiger partial charge in [0.05, 0.1) is 10.3 Å². The van der Waals surface area contributed by atoms with Crippen LogP contribution in [0, 0.1) is 19.7 Å². The summed E-state index contributed by atoms with van der Waals surface area (Å²) in [7, 11) is -4.35. The molecule has 0 aliphatic rings. The van der Waals surface area contributed by atoms with Crippen LogP contribution in [-0.2, 0) is 11.0 Å². The summed E-state index contributed by atoms with van der Waals surface area (Å²) in [5.41, 5.74) is 1.68. The van der Waals surface area contributed by atoms with Crippen molar-refractivity contribution in [3.63, 3.8) is 0 Å². The van der Waals surface area contributed by atoms with Gasteiger partial charge in [-0.2, -0.15) is 0 Å². The summed E-state index contributed by atoms with van der Waals surface area (Å²) < 4.78 is 31.2. The first-order valence-electron chi connectivity index (χ1n) is 6.97. The van der Waals surface area contributed by atoms with E-state index in [9.17, 15) is 18.7 Å². The Hall–Kier alpha value is -1.39. The first-order chi connectivity index (χ1) is 10.6. The van der Waals surface area contributed by atoms with Crippen molar-refractivity contribution in [3.8, 4) is 11.5 Å². The Labute approximate surface area is 139 Å². The van der Waals surface area contributed by atoms with Crippen molar-refractivity contribution in [3.05, 3.63) is 51.8 Å². The predicted octanol–water partition coefficient (Wildman–Crippen LogP) is 4.25. The van der Waals surface area contributed by atoms with Crippen LogP contribution < -0.4 is 10.0 Å². The van der Waals surface area contributed by atoms with Crippen molar-refractivity contribution >= 4 is 24.5 Å². The molecule has 0 aliphatic carbocycles. The minimum atomic E-state index is -4.35. The molecular formula is C16H17ClFO4P. The fourth-order valence-electron chi connectivity index (χ4n) is 2.29. The van der Waals surface area contributed by atoms with Crippen LogP contribution in [-0.4, -0.2) is 9.79 Å². The van der Waals surface area contributed by atoms with Gasteiger partial charge in [-0.05, 0) is 55.2 Å². The molecule has 4 nitrogen and oxygen atoms in total. The van der Waals surface area contributed by atoms with Gasteiger partial charge in [0.1, 0.15) is 5.75 Å². The third-order valence-corrected chi connectivity index (χ3v) is 4.84. The highest BCUT2D eigenvalue weighted by Crippen LogP contribution is 2.38. The van der Waals surface area contributed by atoms with E-state index in [1.165, 1.54) is 18.2 Å². The van der Waals surface area contributed by atoms with E-state index < -0.39 is 13.4 Å². The molecule has 2 aromatic rings. The molecule has 2 rings (SSSR count). The maximum absolute atomic E-state index is 14.3. The average molecular weight is 359 g/mol. The first-order valence-corrected chi connectivity index (χ1v) is 8.96. The van der Waals surface area contributed by atoms with Gasteiger partial charge in [0.2, 0.25) is 0 Å². The Morgan fingerprint density at radius 1 is 1.22 bits per heavy atom. The summed E-state index contributed by atoms with van der Waals surface area (Å²) in [4.78, 5) is 18.5. The molecule has 7 heteroatoms. The third kappa shape index (κ3) is 3.75. The molecule has 0 amide bonds. The topological polar surface area (TPSA) is 66.8 Å². The lowest BCUT2D eigenvalue weighted by molar-refractivity contribution is 0.387. The van der Waals surface area contributed by atoms with Crippen molar-refractivity contribution in [2.45, 2.75) is 27.2 Å². The van der Waals surface area contributed by atoms with Crippen LogP contribution in [0.25, 0.3) is 0 Å². The van der Waals surface area contributed by atoms with Crippen LogP contribution in [0.3, 0.4) is 0 Å². The second-order valence-electron chi connectivity index (χ2n) is 5.26. The standard InChI is InChI=1S/C16H17ClFO4P/c1-4-11-5-6-13(15(18)14(11)17)22-16-9(2)7-12(8-10(16)3)23(19,20)21/h5-8H,4H2,1-3H3,(H2,19,20,21). The monoisotopic (exact) mass is 358 g/mol. The predicted molar refractivity (Wildman–Crippen MR) is 88.5 cm³/mol. The van der Waals surface area contributed by atoms with Crippen LogP contribution in [0.5, 0.6) is 11.5 Å². The fourth-order valence-corrected chi connectivity index (χ4v) is 3.30. The quantitative estimate of drug-likeness (QED) is 0.802. The minimum absolute atomic E-state index is 0.0205. The molecule has 124 valence electrons. The Morgan fingerprint density at radius 2 is 1.78 bits per heavy atom.